The van der Waals surface area contributed by atoms with Gasteiger partial charge in [0.2, 0.25) is 0 Å². The highest BCUT2D eigenvalue weighted by Gasteiger charge is 2.17. The molecule has 0 radical (unpaired) electrons. The summed E-state index contributed by atoms with van der Waals surface area (Å²) in [6.07, 6.45) is 8.93. The number of morpholine rings is 1. The van der Waals surface area contributed by atoms with Crippen LogP contribution in [0.2, 0.25) is 0 Å². The van der Waals surface area contributed by atoms with Crippen molar-refractivity contribution in [2.24, 2.45) is 0 Å². The van der Waals surface area contributed by atoms with E-state index in [1.807, 2.05) is 0 Å². The van der Waals surface area contributed by atoms with Crippen molar-refractivity contribution in [2.45, 2.75) is 51.4 Å². The largest absolute Gasteiger partial charge is 0.379 e. The van der Waals surface area contributed by atoms with Crippen molar-refractivity contribution >= 4 is 0 Å². The summed E-state index contributed by atoms with van der Waals surface area (Å²) in [6, 6.07) is 0. The lowest BCUT2D eigenvalue weighted by atomic mass is 9.90. The molecule has 3 rings (SSSR count). The first-order valence-electron chi connectivity index (χ1n) is 8.74. The minimum absolute atomic E-state index is 0.0331. The summed E-state index contributed by atoms with van der Waals surface area (Å²) >= 11 is 0. The number of nitrogens with one attached hydrogen (secondary N) is 1. The first kappa shape index (κ1) is 15.7. The first-order valence-corrected chi connectivity index (χ1v) is 8.74. The number of ether oxygens (including phenoxy) is 1. The zero-order valence-electron chi connectivity index (χ0n) is 13.4. The van der Waals surface area contributed by atoms with Crippen molar-refractivity contribution in [1.29, 1.82) is 0 Å². The maximum Gasteiger partial charge on any atom is 0.267 e. The maximum absolute atomic E-state index is 11.8. The van der Waals surface area contributed by atoms with Gasteiger partial charge in [-0.2, -0.15) is 5.10 Å². The number of hydrogen-bond acceptors (Lipinski definition) is 4. The number of hydrogen-bond donors (Lipinski definition) is 1. The van der Waals surface area contributed by atoms with Crippen molar-refractivity contribution in [1.82, 2.24) is 15.1 Å². The van der Waals surface area contributed by atoms with Gasteiger partial charge in [-0.3, -0.25) is 9.69 Å². The van der Waals surface area contributed by atoms with Gasteiger partial charge in [-0.05, 0) is 57.1 Å². The monoisotopic (exact) mass is 305 g/mol. The average molecular weight is 305 g/mol. The molecule has 122 valence electrons. The Morgan fingerprint density at radius 2 is 1.82 bits per heavy atom. The van der Waals surface area contributed by atoms with Crippen molar-refractivity contribution in [3.63, 3.8) is 0 Å². The molecule has 0 aromatic carbocycles. The van der Waals surface area contributed by atoms with E-state index in [-0.39, 0.29) is 5.56 Å². The second-order valence-electron chi connectivity index (χ2n) is 6.43. The molecule has 2 aliphatic rings. The molecule has 0 unspecified atom stereocenters. The smallest absolute Gasteiger partial charge is 0.267 e. The molecule has 22 heavy (non-hydrogen) atoms. The molecule has 5 heteroatoms. The van der Waals surface area contributed by atoms with E-state index in [9.17, 15) is 4.79 Å². The van der Waals surface area contributed by atoms with E-state index in [4.69, 9.17) is 4.74 Å². The van der Waals surface area contributed by atoms with E-state index in [1.54, 1.807) is 0 Å². The van der Waals surface area contributed by atoms with Gasteiger partial charge in [-0.1, -0.05) is 6.42 Å². The fraction of sp³-hybridized carbons (Fsp3) is 0.765. The molecule has 0 amide bonds. The number of fused-ring (bicyclic) bond motifs is 1. The summed E-state index contributed by atoms with van der Waals surface area (Å²) in [6.45, 7) is 5.10. The Morgan fingerprint density at radius 3 is 2.64 bits per heavy atom. The number of nitrogens with zero attached hydrogens (tertiary/aromatic N) is 2. The Morgan fingerprint density at radius 1 is 1.05 bits per heavy atom. The number of aromatic nitrogens is 2. The third kappa shape index (κ3) is 3.96. The topological polar surface area (TPSA) is 58.2 Å². The van der Waals surface area contributed by atoms with Gasteiger partial charge < -0.3 is 4.74 Å². The third-order valence-corrected chi connectivity index (χ3v) is 4.87. The van der Waals surface area contributed by atoms with Gasteiger partial charge in [0.15, 0.2) is 0 Å². The fourth-order valence-corrected chi connectivity index (χ4v) is 3.56. The molecular formula is C17H27N3O2. The summed E-state index contributed by atoms with van der Waals surface area (Å²) in [7, 11) is 0. The van der Waals surface area contributed by atoms with Gasteiger partial charge in [0.05, 0.1) is 18.9 Å². The quantitative estimate of drug-likeness (QED) is 0.813. The molecule has 1 aromatic rings. The number of rotatable bonds is 6. The van der Waals surface area contributed by atoms with Gasteiger partial charge in [-0.15, -0.1) is 0 Å². The molecule has 0 saturated carbocycles. The van der Waals surface area contributed by atoms with Gasteiger partial charge in [0, 0.05) is 18.7 Å². The van der Waals surface area contributed by atoms with Crippen LogP contribution in [0.25, 0.3) is 0 Å². The Hall–Kier alpha value is -1.20. The fourth-order valence-electron chi connectivity index (χ4n) is 3.56. The molecule has 0 spiro atoms. The summed E-state index contributed by atoms with van der Waals surface area (Å²) in [5.74, 6) is 0. The lowest BCUT2D eigenvalue weighted by Crippen LogP contribution is -2.36. The molecule has 5 nitrogen and oxygen atoms in total. The van der Waals surface area contributed by atoms with E-state index in [0.29, 0.717) is 0 Å². The van der Waals surface area contributed by atoms with Crippen molar-refractivity contribution in [2.75, 3.05) is 32.8 Å². The molecule has 1 N–H and O–H groups in total. The van der Waals surface area contributed by atoms with E-state index >= 15 is 0 Å². The Bertz CT molecular complexity index is 535. The number of aryl methyl sites for hydroxylation is 1. The molecule has 0 bridgehead atoms. The second-order valence-corrected chi connectivity index (χ2v) is 6.43. The van der Waals surface area contributed by atoms with Gasteiger partial charge >= 0.3 is 0 Å². The average Bonchev–Trinajstić information content (AvgIpc) is 2.58. The lowest BCUT2D eigenvalue weighted by Gasteiger charge is -2.26. The summed E-state index contributed by atoms with van der Waals surface area (Å²) in [5, 5.41) is 7.01. The van der Waals surface area contributed by atoms with Crippen molar-refractivity contribution < 1.29 is 4.74 Å². The standard InChI is InChI=1S/C17H27N3O2/c21-17-15-7-4-3-6-14(15)16(18-19-17)8-2-1-5-9-20-10-12-22-13-11-20/h1-13H2,(H,19,21). The Kier molecular flexibility index (Phi) is 5.62. The van der Waals surface area contributed by atoms with Crippen LogP contribution in [-0.4, -0.2) is 47.9 Å². The van der Waals surface area contributed by atoms with Crippen molar-refractivity contribution in [3.8, 4) is 0 Å². The van der Waals surface area contributed by atoms with Crippen LogP contribution < -0.4 is 5.56 Å². The molecule has 1 fully saturated rings. The summed E-state index contributed by atoms with van der Waals surface area (Å²) < 4.78 is 5.37. The predicted octanol–water partition coefficient (Wildman–Crippen LogP) is 1.69. The van der Waals surface area contributed by atoms with Gasteiger partial charge in [0.25, 0.3) is 5.56 Å². The first-order chi connectivity index (χ1) is 10.8. The van der Waals surface area contributed by atoms with Crippen molar-refractivity contribution in [3.05, 3.63) is 27.2 Å². The van der Waals surface area contributed by atoms with E-state index in [1.165, 1.54) is 31.4 Å². The summed E-state index contributed by atoms with van der Waals surface area (Å²) in [4.78, 5) is 14.3. The highest BCUT2D eigenvalue weighted by atomic mass is 16.5. The van der Waals surface area contributed by atoms with E-state index in [2.05, 4.69) is 15.1 Å². The SMILES string of the molecule is O=c1[nH]nc(CCCCCN2CCOCC2)c2c1CCCC2. The molecule has 1 aliphatic heterocycles. The number of unbranched alkanes of at least 4 members (excludes halogenated alkanes) is 2. The lowest BCUT2D eigenvalue weighted by molar-refractivity contribution is 0.0371. The van der Waals surface area contributed by atoms with Crippen LogP contribution in [0.15, 0.2) is 4.79 Å². The highest BCUT2D eigenvalue weighted by Crippen LogP contribution is 2.21. The zero-order valence-corrected chi connectivity index (χ0v) is 13.4. The van der Waals surface area contributed by atoms with E-state index in [0.717, 1.165) is 69.7 Å². The van der Waals surface area contributed by atoms with Gasteiger partial charge in [0.1, 0.15) is 0 Å². The molecule has 1 aromatic heterocycles. The predicted molar refractivity (Wildman–Crippen MR) is 86.3 cm³/mol. The highest BCUT2D eigenvalue weighted by molar-refractivity contribution is 5.30. The molecule has 1 aliphatic carbocycles. The number of aromatic amines is 1. The molecular weight excluding hydrogens is 278 g/mol. The van der Waals surface area contributed by atoms with Crippen LogP contribution in [0.4, 0.5) is 0 Å². The molecule has 2 heterocycles. The van der Waals surface area contributed by atoms with Crippen LogP contribution in [0.1, 0.15) is 48.9 Å². The van der Waals surface area contributed by atoms with Crippen LogP contribution in [0.3, 0.4) is 0 Å². The van der Waals surface area contributed by atoms with Crippen LogP contribution in [0.5, 0.6) is 0 Å². The van der Waals surface area contributed by atoms with Crippen LogP contribution in [-0.2, 0) is 24.0 Å². The minimum atomic E-state index is 0.0331. The molecule has 1 saturated heterocycles. The van der Waals surface area contributed by atoms with Crippen LogP contribution in [0, 0.1) is 0 Å². The molecule has 0 atom stereocenters. The maximum atomic E-state index is 11.8. The minimum Gasteiger partial charge on any atom is -0.379 e. The summed E-state index contributed by atoms with van der Waals surface area (Å²) in [5.41, 5.74) is 3.43. The second kappa shape index (κ2) is 7.88. The van der Waals surface area contributed by atoms with E-state index < -0.39 is 0 Å². The normalized spacial score (nSPS) is 19.1. The van der Waals surface area contributed by atoms with Crippen LogP contribution >= 0.6 is 0 Å². The third-order valence-electron chi connectivity index (χ3n) is 4.87. The van der Waals surface area contributed by atoms with Gasteiger partial charge in [-0.25, -0.2) is 5.10 Å². The number of H-pyrrole nitrogens is 1. The Balaban J connectivity index is 1.44. The Labute approximate surface area is 132 Å². The zero-order chi connectivity index (χ0) is 15.2.